The number of nitrogens with zero attached hydrogens (tertiary/aromatic N) is 1. The van der Waals surface area contributed by atoms with E-state index >= 15 is 0 Å². The highest BCUT2D eigenvalue weighted by molar-refractivity contribution is 9.10. The molecule has 0 radical (unpaired) electrons. The van der Waals surface area contributed by atoms with Gasteiger partial charge >= 0.3 is 5.69 Å². The first kappa shape index (κ1) is 15.7. The van der Waals surface area contributed by atoms with Crippen LogP contribution in [0.2, 0.25) is 5.02 Å². The Bertz CT molecular complexity index is 713. The number of hydrogen-bond acceptors (Lipinski definition) is 3. The molecule has 1 N–H and O–H groups in total. The Morgan fingerprint density at radius 2 is 1.95 bits per heavy atom. The maximum Gasteiger partial charge on any atom is 0.307 e. The fraction of sp³-hybridized carbons (Fsp3) is 0.0769. The maximum absolute atomic E-state index is 13.6. The first-order valence-corrected chi connectivity index (χ1v) is 6.87. The lowest BCUT2D eigenvalue weighted by Gasteiger charge is -2.10. The zero-order chi connectivity index (χ0) is 15.6. The van der Waals surface area contributed by atoms with Gasteiger partial charge in [-0.1, -0.05) is 27.5 Å². The van der Waals surface area contributed by atoms with Crippen LogP contribution in [0, 0.1) is 21.7 Å². The molecule has 0 atom stereocenters. The van der Waals surface area contributed by atoms with Gasteiger partial charge in [-0.05, 0) is 23.8 Å². The van der Waals surface area contributed by atoms with E-state index in [0.29, 0.717) is 11.1 Å². The van der Waals surface area contributed by atoms with Gasteiger partial charge in [-0.3, -0.25) is 10.1 Å². The van der Waals surface area contributed by atoms with E-state index in [1.807, 2.05) is 0 Å². The molecule has 4 nitrogen and oxygen atoms in total. The molecule has 0 aliphatic heterocycles. The second-order valence-electron chi connectivity index (χ2n) is 4.13. The van der Waals surface area contributed by atoms with Crippen molar-refractivity contribution >= 4 is 38.9 Å². The summed E-state index contributed by atoms with van der Waals surface area (Å²) in [5.74, 6) is -2.12. The van der Waals surface area contributed by atoms with Crippen molar-refractivity contribution in [2.75, 3.05) is 5.32 Å². The van der Waals surface area contributed by atoms with Crippen LogP contribution < -0.4 is 5.32 Å². The number of nitro benzene ring substituents is 1. The zero-order valence-electron chi connectivity index (χ0n) is 10.4. The van der Waals surface area contributed by atoms with Crippen molar-refractivity contribution in [1.82, 2.24) is 0 Å². The number of rotatable bonds is 4. The van der Waals surface area contributed by atoms with Crippen LogP contribution in [-0.2, 0) is 6.54 Å². The van der Waals surface area contributed by atoms with Gasteiger partial charge in [0.25, 0.3) is 0 Å². The van der Waals surface area contributed by atoms with Crippen LogP contribution in [0.5, 0.6) is 0 Å². The molecule has 110 valence electrons. The Kier molecular flexibility index (Phi) is 4.74. The van der Waals surface area contributed by atoms with Crippen molar-refractivity contribution in [2.45, 2.75) is 6.54 Å². The van der Waals surface area contributed by atoms with Gasteiger partial charge in [-0.25, -0.2) is 4.39 Å². The highest BCUT2D eigenvalue weighted by Crippen LogP contribution is 2.27. The minimum atomic E-state index is -1.22. The number of nitrogens with one attached hydrogen (secondary N) is 1. The summed E-state index contributed by atoms with van der Waals surface area (Å²) in [4.78, 5) is 9.74. The molecule has 0 unspecified atom stereocenters. The molecule has 0 saturated carbocycles. The van der Waals surface area contributed by atoms with Crippen LogP contribution in [0.3, 0.4) is 0 Å². The minimum absolute atomic E-state index is 0.157. The predicted octanol–water partition coefficient (Wildman–Crippen LogP) is 4.90. The molecule has 0 aliphatic carbocycles. The van der Waals surface area contributed by atoms with Gasteiger partial charge in [0.05, 0.1) is 10.6 Å². The Balaban J connectivity index is 2.25. The molecular weight excluding hydrogens is 370 g/mol. The Morgan fingerprint density at radius 1 is 1.24 bits per heavy atom. The molecule has 2 rings (SSSR count). The minimum Gasteiger partial charge on any atom is -0.378 e. The van der Waals surface area contributed by atoms with Gasteiger partial charge in [0.15, 0.2) is 0 Å². The summed E-state index contributed by atoms with van der Waals surface area (Å²) in [7, 11) is 0. The van der Waals surface area contributed by atoms with Gasteiger partial charge in [0, 0.05) is 28.2 Å². The van der Waals surface area contributed by atoms with Crippen LogP contribution in [0.25, 0.3) is 0 Å². The van der Waals surface area contributed by atoms with E-state index in [2.05, 4.69) is 21.2 Å². The summed E-state index contributed by atoms with van der Waals surface area (Å²) < 4.78 is 27.6. The van der Waals surface area contributed by atoms with Crippen molar-refractivity contribution in [1.29, 1.82) is 0 Å². The summed E-state index contributed by atoms with van der Waals surface area (Å²) in [5.41, 5.74) is -0.215. The average molecular weight is 378 g/mol. The summed E-state index contributed by atoms with van der Waals surface area (Å²) in [6.07, 6.45) is 0. The summed E-state index contributed by atoms with van der Waals surface area (Å²) in [6, 6.07) is 6.37. The van der Waals surface area contributed by atoms with Crippen LogP contribution >= 0.6 is 27.5 Å². The van der Waals surface area contributed by atoms with Gasteiger partial charge in [0.1, 0.15) is 5.82 Å². The topological polar surface area (TPSA) is 55.2 Å². The van der Waals surface area contributed by atoms with Crippen molar-refractivity contribution in [3.8, 4) is 0 Å². The van der Waals surface area contributed by atoms with Crippen LogP contribution in [0.15, 0.2) is 34.8 Å². The highest BCUT2D eigenvalue weighted by atomic mass is 79.9. The molecule has 0 saturated heterocycles. The van der Waals surface area contributed by atoms with Crippen LogP contribution in [-0.4, -0.2) is 4.92 Å². The molecule has 2 aromatic carbocycles. The standard InChI is InChI=1S/C13H8BrClF2N2O2/c14-9-2-1-8(15)3-7(9)6-18-12-5-13(19(20)21)11(17)4-10(12)16/h1-5,18H,6H2. The van der Waals surface area contributed by atoms with Crippen molar-refractivity contribution in [2.24, 2.45) is 0 Å². The van der Waals surface area contributed by atoms with E-state index < -0.39 is 22.2 Å². The zero-order valence-corrected chi connectivity index (χ0v) is 12.7. The predicted molar refractivity (Wildman–Crippen MR) is 79.5 cm³/mol. The summed E-state index contributed by atoms with van der Waals surface area (Å²) in [6.45, 7) is 0.168. The smallest absolute Gasteiger partial charge is 0.307 e. The maximum atomic E-state index is 13.6. The number of benzene rings is 2. The third-order valence-electron chi connectivity index (χ3n) is 2.71. The number of nitro groups is 1. The third-order valence-corrected chi connectivity index (χ3v) is 3.72. The number of hydrogen-bond donors (Lipinski definition) is 1. The second kappa shape index (κ2) is 6.36. The molecule has 2 aromatic rings. The quantitative estimate of drug-likeness (QED) is 0.609. The molecule has 0 amide bonds. The highest BCUT2D eigenvalue weighted by Gasteiger charge is 2.18. The molecule has 0 heterocycles. The normalized spacial score (nSPS) is 10.5. The van der Waals surface area contributed by atoms with Crippen LogP contribution in [0.1, 0.15) is 5.56 Å². The lowest BCUT2D eigenvalue weighted by molar-refractivity contribution is -0.387. The van der Waals surface area contributed by atoms with Crippen molar-refractivity contribution < 1.29 is 13.7 Å². The largest absolute Gasteiger partial charge is 0.378 e. The van der Waals surface area contributed by atoms with E-state index in [9.17, 15) is 18.9 Å². The van der Waals surface area contributed by atoms with E-state index in [1.165, 1.54) is 0 Å². The molecule has 21 heavy (non-hydrogen) atoms. The molecule has 0 fully saturated rings. The third kappa shape index (κ3) is 3.68. The second-order valence-corrected chi connectivity index (χ2v) is 5.42. The first-order valence-electron chi connectivity index (χ1n) is 5.69. The fourth-order valence-electron chi connectivity index (χ4n) is 1.68. The van der Waals surface area contributed by atoms with Crippen LogP contribution in [0.4, 0.5) is 20.2 Å². The number of anilines is 1. The van der Waals surface area contributed by atoms with E-state index in [4.69, 9.17) is 11.6 Å². The van der Waals surface area contributed by atoms with Gasteiger partial charge in [-0.2, -0.15) is 4.39 Å². The SMILES string of the molecule is O=[N+]([O-])c1cc(NCc2cc(Cl)ccc2Br)c(F)cc1F. The first-order chi connectivity index (χ1) is 9.88. The van der Waals surface area contributed by atoms with E-state index in [-0.39, 0.29) is 12.2 Å². The Labute approximate surface area is 132 Å². The number of halogens is 4. The monoisotopic (exact) mass is 376 g/mol. The van der Waals surface area contributed by atoms with Gasteiger partial charge < -0.3 is 5.32 Å². The van der Waals surface area contributed by atoms with Gasteiger partial charge in [0.2, 0.25) is 5.82 Å². The van der Waals surface area contributed by atoms with Gasteiger partial charge in [-0.15, -0.1) is 0 Å². The van der Waals surface area contributed by atoms with Crippen molar-refractivity contribution in [3.63, 3.8) is 0 Å². The Hall–Kier alpha value is -1.73. The van der Waals surface area contributed by atoms with E-state index in [1.54, 1.807) is 18.2 Å². The molecule has 0 bridgehead atoms. The lowest BCUT2D eigenvalue weighted by Crippen LogP contribution is -2.04. The fourth-order valence-corrected chi connectivity index (χ4v) is 2.26. The Morgan fingerprint density at radius 3 is 2.62 bits per heavy atom. The molecule has 0 aromatic heterocycles. The average Bonchev–Trinajstić information content (AvgIpc) is 2.41. The summed E-state index contributed by atoms with van der Waals surface area (Å²) in [5, 5.41) is 13.8. The van der Waals surface area contributed by atoms with E-state index in [0.717, 1.165) is 16.1 Å². The molecule has 0 aliphatic rings. The molecular formula is C13H8BrClF2N2O2. The molecule has 8 heteroatoms. The van der Waals surface area contributed by atoms with Crippen molar-refractivity contribution in [3.05, 3.63) is 67.1 Å². The lowest BCUT2D eigenvalue weighted by atomic mass is 10.2. The summed E-state index contributed by atoms with van der Waals surface area (Å²) >= 11 is 9.17. The molecule has 0 spiro atoms.